The van der Waals surface area contributed by atoms with Crippen LogP contribution in [0.2, 0.25) is 0 Å². The molecule has 0 amide bonds. The van der Waals surface area contributed by atoms with Gasteiger partial charge in [0.15, 0.2) is 6.61 Å². The maximum absolute atomic E-state index is 12.9. The van der Waals surface area contributed by atoms with E-state index in [1.54, 1.807) is 11.8 Å². The number of benzene rings is 4. The predicted molar refractivity (Wildman–Crippen MR) is 153 cm³/mol. The third-order valence-corrected chi connectivity index (χ3v) is 7.47. The van der Waals surface area contributed by atoms with Crippen LogP contribution in [0.3, 0.4) is 0 Å². The van der Waals surface area contributed by atoms with Crippen LogP contribution in [0.15, 0.2) is 115 Å². The molecule has 4 rings (SSSR count). The summed E-state index contributed by atoms with van der Waals surface area (Å²) in [6, 6.07) is 29.2. The lowest BCUT2D eigenvalue weighted by Crippen LogP contribution is -2.15. The molecular weight excluding hydrogens is 533 g/mol. The SMILES string of the molecule is C=CCOC(=O)COc1ccc(SC(Cc2ccccc2)c2ccc(-c3ccc(C(F)(F)F)cc3)cc2)cc1C. The molecule has 0 fully saturated rings. The van der Waals surface area contributed by atoms with E-state index >= 15 is 0 Å². The highest BCUT2D eigenvalue weighted by Gasteiger charge is 2.30. The molecule has 0 radical (unpaired) electrons. The van der Waals surface area contributed by atoms with Crippen molar-refractivity contribution in [3.8, 4) is 16.9 Å². The number of carbonyl (C=O) groups is 1. The molecule has 4 aromatic carbocycles. The topological polar surface area (TPSA) is 35.5 Å². The molecule has 0 aliphatic rings. The van der Waals surface area contributed by atoms with Gasteiger partial charge in [-0.05, 0) is 71.5 Å². The quantitative estimate of drug-likeness (QED) is 0.104. The number of hydrogen-bond donors (Lipinski definition) is 0. The molecule has 0 spiro atoms. The van der Waals surface area contributed by atoms with Crippen LogP contribution in [0.25, 0.3) is 11.1 Å². The zero-order valence-electron chi connectivity index (χ0n) is 22.0. The fourth-order valence-electron chi connectivity index (χ4n) is 4.15. The van der Waals surface area contributed by atoms with Gasteiger partial charge in [-0.2, -0.15) is 13.2 Å². The molecule has 0 aliphatic carbocycles. The summed E-state index contributed by atoms with van der Waals surface area (Å²) in [6.45, 7) is 5.42. The van der Waals surface area contributed by atoms with E-state index in [0.29, 0.717) is 5.75 Å². The third kappa shape index (κ3) is 8.02. The van der Waals surface area contributed by atoms with Crippen LogP contribution in [0.4, 0.5) is 13.2 Å². The molecule has 1 unspecified atom stereocenters. The summed E-state index contributed by atoms with van der Waals surface area (Å²) in [4.78, 5) is 12.8. The number of rotatable bonds is 11. The zero-order valence-corrected chi connectivity index (χ0v) is 22.8. The second kappa shape index (κ2) is 13.4. The Labute approximate surface area is 236 Å². The molecule has 0 saturated heterocycles. The Morgan fingerprint density at radius 2 is 1.57 bits per heavy atom. The number of hydrogen-bond acceptors (Lipinski definition) is 4. The van der Waals surface area contributed by atoms with Gasteiger partial charge in [-0.3, -0.25) is 0 Å². The van der Waals surface area contributed by atoms with Crippen LogP contribution in [-0.2, 0) is 22.1 Å². The van der Waals surface area contributed by atoms with Crippen molar-refractivity contribution >= 4 is 17.7 Å². The van der Waals surface area contributed by atoms with Crippen LogP contribution in [-0.4, -0.2) is 19.2 Å². The van der Waals surface area contributed by atoms with Gasteiger partial charge in [-0.1, -0.05) is 79.4 Å². The number of aryl methyl sites for hydroxylation is 1. The van der Waals surface area contributed by atoms with E-state index in [2.05, 4.69) is 18.7 Å². The largest absolute Gasteiger partial charge is 0.482 e. The fraction of sp³-hybridized carbons (Fsp3) is 0.182. The molecule has 0 heterocycles. The molecule has 0 N–H and O–H groups in total. The lowest BCUT2D eigenvalue weighted by atomic mass is 9.99. The van der Waals surface area contributed by atoms with Crippen molar-refractivity contribution in [2.45, 2.75) is 29.7 Å². The van der Waals surface area contributed by atoms with Crippen LogP contribution in [0, 0.1) is 6.92 Å². The summed E-state index contributed by atoms with van der Waals surface area (Å²) in [5, 5.41) is 0.0871. The van der Waals surface area contributed by atoms with Crippen molar-refractivity contribution in [1.29, 1.82) is 0 Å². The molecule has 206 valence electrons. The molecule has 1 atom stereocenters. The molecule has 0 bridgehead atoms. The lowest BCUT2D eigenvalue weighted by Gasteiger charge is -2.19. The van der Waals surface area contributed by atoms with Crippen LogP contribution >= 0.6 is 11.8 Å². The van der Waals surface area contributed by atoms with Gasteiger partial charge >= 0.3 is 12.1 Å². The van der Waals surface area contributed by atoms with Gasteiger partial charge in [-0.25, -0.2) is 4.79 Å². The maximum Gasteiger partial charge on any atom is 0.416 e. The van der Waals surface area contributed by atoms with Gasteiger partial charge in [0.1, 0.15) is 12.4 Å². The van der Waals surface area contributed by atoms with Gasteiger partial charge in [0.2, 0.25) is 0 Å². The number of carbonyl (C=O) groups excluding carboxylic acids is 1. The Morgan fingerprint density at radius 3 is 2.17 bits per heavy atom. The summed E-state index contributed by atoms with van der Waals surface area (Å²) in [5.74, 6) is 0.154. The number of thioether (sulfide) groups is 1. The van der Waals surface area contributed by atoms with E-state index in [9.17, 15) is 18.0 Å². The molecular formula is C33H29F3O3S. The number of esters is 1. The van der Waals surface area contributed by atoms with E-state index in [1.807, 2.05) is 67.6 Å². The molecule has 0 aliphatic heterocycles. The van der Waals surface area contributed by atoms with Crippen molar-refractivity contribution in [1.82, 2.24) is 0 Å². The van der Waals surface area contributed by atoms with Crippen molar-refractivity contribution in [2.75, 3.05) is 13.2 Å². The first-order chi connectivity index (χ1) is 19.2. The van der Waals surface area contributed by atoms with E-state index in [-0.39, 0.29) is 18.5 Å². The summed E-state index contributed by atoms with van der Waals surface area (Å²) in [6.07, 6.45) is -2.06. The predicted octanol–water partition coefficient (Wildman–Crippen LogP) is 8.86. The Bertz CT molecular complexity index is 1420. The summed E-state index contributed by atoms with van der Waals surface area (Å²) >= 11 is 1.72. The highest BCUT2D eigenvalue weighted by molar-refractivity contribution is 7.99. The second-order valence-electron chi connectivity index (χ2n) is 9.18. The Morgan fingerprint density at radius 1 is 0.925 bits per heavy atom. The minimum Gasteiger partial charge on any atom is -0.482 e. The van der Waals surface area contributed by atoms with Gasteiger partial charge in [-0.15, -0.1) is 11.8 Å². The summed E-state index contributed by atoms with van der Waals surface area (Å²) in [5.41, 5.74) is 4.12. The zero-order chi connectivity index (χ0) is 28.5. The normalized spacial score (nSPS) is 12.0. The number of ether oxygens (including phenoxy) is 2. The van der Waals surface area contributed by atoms with Crippen molar-refractivity contribution in [3.05, 3.63) is 132 Å². The highest BCUT2D eigenvalue weighted by atomic mass is 32.2. The smallest absolute Gasteiger partial charge is 0.416 e. The monoisotopic (exact) mass is 562 g/mol. The van der Waals surface area contributed by atoms with Gasteiger partial charge in [0, 0.05) is 10.1 Å². The molecule has 7 heteroatoms. The van der Waals surface area contributed by atoms with Crippen LogP contribution in [0.1, 0.15) is 27.5 Å². The molecule has 3 nitrogen and oxygen atoms in total. The van der Waals surface area contributed by atoms with E-state index in [1.165, 1.54) is 23.8 Å². The lowest BCUT2D eigenvalue weighted by molar-refractivity contribution is -0.144. The first-order valence-electron chi connectivity index (χ1n) is 12.7. The highest BCUT2D eigenvalue weighted by Crippen LogP contribution is 2.40. The fourth-order valence-corrected chi connectivity index (χ4v) is 5.44. The summed E-state index contributed by atoms with van der Waals surface area (Å²) < 4.78 is 49.4. The average Bonchev–Trinajstić information content (AvgIpc) is 2.95. The number of halogens is 3. The van der Waals surface area contributed by atoms with Gasteiger partial charge in [0.05, 0.1) is 5.56 Å². The second-order valence-corrected chi connectivity index (χ2v) is 10.5. The van der Waals surface area contributed by atoms with Crippen LogP contribution < -0.4 is 4.74 Å². The average molecular weight is 563 g/mol. The Kier molecular flexibility index (Phi) is 9.72. The van der Waals surface area contributed by atoms with E-state index in [0.717, 1.165) is 45.7 Å². The standard InChI is InChI=1S/C33H29F3O3S/c1-3-19-38-32(37)22-39-30-18-17-29(20-23(30)2)40-31(21-24-7-5-4-6-8-24)27-11-9-25(10-12-27)26-13-15-28(16-14-26)33(34,35)36/h3-18,20,31H,1,19,21-22H2,2H3. The molecule has 4 aromatic rings. The Hall–Kier alpha value is -3.97. The molecule has 0 aromatic heterocycles. The third-order valence-electron chi connectivity index (χ3n) is 6.22. The van der Waals surface area contributed by atoms with Crippen molar-refractivity contribution in [2.24, 2.45) is 0 Å². The molecule has 0 saturated carbocycles. The minimum atomic E-state index is -4.36. The molecule has 40 heavy (non-hydrogen) atoms. The first-order valence-corrected chi connectivity index (χ1v) is 13.6. The Balaban J connectivity index is 1.52. The van der Waals surface area contributed by atoms with Gasteiger partial charge in [0.25, 0.3) is 0 Å². The summed E-state index contributed by atoms with van der Waals surface area (Å²) in [7, 11) is 0. The maximum atomic E-state index is 12.9. The van der Waals surface area contributed by atoms with Gasteiger partial charge < -0.3 is 9.47 Å². The first kappa shape index (κ1) is 29.0. The number of alkyl halides is 3. The van der Waals surface area contributed by atoms with Crippen LogP contribution in [0.5, 0.6) is 5.75 Å². The van der Waals surface area contributed by atoms with E-state index < -0.39 is 17.7 Å². The minimum absolute atomic E-state index is 0.0871. The van der Waals surface area contributed by atoms with Crippen molar-refractivity contribution in [3.63, 3.8) is 0 Å². The van der Waals surface area contributed by atoms with E-state index in [4.69, 9.17) is 9.47 Å². The van der Waals surface area contributed by atoms with Crippen molar-refractivity contribution < 1.29 is 27.4 Å².